The molecule has 0 saturated heterocycles. The second-order valence-corrected chi connectivity index (χ2v) is 8.14. The minimum absolute atomic E-state index is 0.103. The lowest BCUT2D eigenvalue weighted by atomic mass is 9.86. The lowest BCUT2D eigenvalue weighted by molar-refractivity contribution is 0.171. The fraction of sp³-hybridized carbons (Fsp3) is 0.250. The number of hydrogen-bond donors (Lipinski definition) is 2. The molecule has 4 rings (SSSR count). The van der Waals surface area contributed by atoms with E-state index in [1.165, 1.54) is 0 Å². The molecule has 2 heterocycles. The van der Waals surface area contributed by atoms with Gasteiger partial charge in [-0.3, -0.25) is 0 Å². The van der Waals surface area contributed by atoms with Crippen LogP contribution in [0.3, 0.4) is 0 Å². The van der Waals surface area contributed by atoms with Crippen molar-refractivity contribution in [2.45, 2.75) is 26.2 Å². The van der Waals surface area contributed by atoms with Crippen LogP contribution < -0.4 is 24.8 Å². The van der Waals surface area contributed by atoms with Gasteiger partial charge in [-0.1, -0.05) is 39.0 Å². The third kappa shape index (κ3) is 4.88. The van der Waals surface area contributed by atoms with Gasteiger partial charge in [0.25, 0.3) is 0 Å². The van der Waals surface area contributed by atoms with E-state index in [2.05, 4.69) is 36.4 Å². The van der Waals surface area contributed by atoms with Crippen LogP contribution in [0.25, 0.3) is 0 Å². The summed E-state index contributed by atoms with van der Waals surface area (Å²) in [6, 6.07) is 16.1. The van der Waals surface area contributed by atoms with Crippen LogP contribution >= 0.6 is 0 Å². The first-order chi connectivity index (χ1) is 14.9. The molecule has 160 valence electrons. The summed E-state index contributed by atoms with van der Waals surface area (Å²) >= 11 is 0. The lowest BCUT2D eigenvalue weighted by Gasteiger charge is -2.22. The number of pyridine rings is 1. The van der Waals surface area contributed by atoms with Gasteiger partial charge in [0.2, 0.25) is 5.88 Å². The monoisotopic (exact) mass is 419 g/mol. The number of nitrogens with zero attached hydrogens (tertiary/aromatic N) is 1. The van der Waals surface area contributed by atoms with Crippen molar-refractivity contribution in [1.82, 2.24) is 4.98 Å². The average Bonchev–Trinajstić information content (AvgIpc) is 2.74. The standard InChI is InChI=1S/C24H25N3O4/c1-24(2,3)17-7-4-5-9-19(17)31-22-18(8-6-12-25-22)27-23(28)26-16-10-11-20-21(15-16)30-14-13-29-20/h4-12,15H,13-14H2,1-3H3,(H2,26,27,28). The van der Waals surface area contributed by atoms with Gasteiger partial charge in [0.15, 0.2) is 11.5 Å². The summed E-state index contributed by atoms with van der Waals surface area (Å²) in [5.74, 6) is 2.28. The van der Waals surface area contributed by atoms with Crippen LogP contribution in [0.4, 0.5) is 16.2 Å². The van der Waals surface area contributed by atoms with E-state index in [0.717, 1.165) is 5.56 Å². The molecule has 0 aliphatic carbocycles. The maximum atomic E-state index is 12.6. The summed E-state index contributed by atoms with van der Waals surface area (Å²) in [5.41, 5.74) is 1.99. The van der Waals surface area contributed by atoms with E-state index in [9.17, 15) is 4.79 Å². The fourth-order valence-electron chi connectivity index (χ4n) is 3.25. The normalized spacial score (nSPS) is 12.7. The molecule has 2 amide bonds. The number of carbonyl (C=O) groups excluding carboxylic acids is 1. The highest BCUT2D eigenvalue weighted by Crippen LogP contribution is 2.36. The maximum Gasteiger partial charge on any atom is 0.323 e. The van der Waals surface area contributed by atoms with Gasteiger partial charge in [0, 0.05) is 23.5 Å². The highest BCUT2D eigenvalue weighted by molar-refractivity contribution is 6.00. The van der Waals surface area contributed by atoms with Crippen molar-refractivity contribution in [2.24, 2.45) is 0 Å². The molecule has 0 atom stereocenters. The predicted molar refractivity (Wildman–Crippen MR) is 120 cm³/mol. The largest absolute Gasteiger partial charge is 0.486 e. The topological polar surface area (TPSA) is 81.7 Å². The fourth-order valence-corrected chi connectivity index (χ4v) is 3.25. The smallest absolute Gasteiger partial charge is 0.323 e. The number of carbonyl (C=O) groups is 1. The summed E-state index contributed by atoms with van der Waals surface area (Å²) in [5, 5.41) is 5.61. The molecule has 0 bridgehead atoms. The second kappa shape index (κ2) is 8.55. The Morgan fingerprint density at radius 2 is 1.74 bits per heavy atom. The summed E-state index contributed by atoms with van der Waals surface area (Å²) in [4.78, 5) is 16.9. The van der Waals surface area contributed by atoms with Crippen LogP contribution in [-0.2, 0) is 5.41 Å². The van der Waals surface area contributed by atoms with Crippen molar-refractivity contribution in [2.75, 3.05) is 23.8 Å². The number of para-hydroxylation sites is 1. The summed E-state index contributed by atoms with van der Waals surface area (Å²) < 4.78 is 17.2. The number of hydrogen-bond acceptors (Lipinski definition) is 5. The molecule has 2 aromatic carbocycles. The molecule has 7 nitrogen and oxygen atoms in total. The number of anilines is 2. The van der Waals surface area contributed by atoms with E-state index in [1.54, 1.807) is 36.5 Å². The van der Waals surface area contributed by atoms with Crippen molar-refractivity contribution in [3.05, 3.63) is 66.4 Å². The Morgan fingerprint density at radius 1 is 0.968 bits per heavy atom. The highest BCUT2D eigenvalue weighted by Gasteiger charge is 2.20. The van der Waals surface area contributed by atoms with Gasteiger partial charge < -0.3 is 24.8 Å². The van der Waals surface area contributed by atoms with Gasteiger partial charge in [-0.15, -0.1) is 0 Å². The van der Waals surface area contributed by atoms with Gasteiger partial charge in [0.05, 0.1) is 0 Å². The zero-order valence-corrected chi connectivity index (χ0v) is 17.8. The van der Waals surface area contributed by atoms with E-state index in [1.807, 2.05) is 24.3 Å². The van der Waals surface area contributed by atoms with Crippen LogP contribution in [0.2, 0.25) is 0 Å². The van der Waals surface area contributed by atoms with Gasteiger partial charge >= 0.3 is 6.03 Å². The number of amides is 2. The Balaban J connectivity index is 1.50. The molecular formula is C24H25N3O4. The van der Waals surface area contributed by atoms with Crippen molar-refractivity contribution >= 4 is 17.4 Å². The van der Waals surface area contributed by atoms with Crippen LogP contribution in [-0.4, -0.2) is 24.2 Å². The molecule has 2 N–H and O–H groups in total. The van der Waals surface area contributed by atoms with Crippen LogP contribution in [0.5, 0.6) is 23.1 Å². The molecule has 1 aromatic heterocycles. The van der Waals surface area contributed by atoms with Gasteiger partial charge in [-0.25, -0.2) is 9.78 Å². The molecule has 0 unspecified atom stereocenters. The molecule has 0 radical (unpaired) electrons. The van der Waals surface area contributed by atoms with Crippen molar-refractivity contribution in [3.8, 4) is 23.1 Å². The highest BCUT2D eigenvalue weighted by atomic mass is 16.6. The van der Waals surface area contributed by atoms with Crippen LogP contribution in [0, 0.1) is 0 Å². The molecule has 0 saturated carbocycles. The number of benzene rings is 2. The zero-order valence-electron chi connectivity index (χ0n) is 17.8. The first kappa shape index (κ1) is 20.5. The molecule has 0 spiro atoms. The van der Waals surface area contributed by atoms with Crippen molar-refractivity contribution in [3.63, 3.8) is 0 Å². The minimum atomic E-state index is -0.418. The minimum Gasteiger partial charge on any atom is -0.486 e. The van der Waals surface area contributed by atoms with Crippen LogP contribution in [0.1, 0.15) is 26.3 Å². The van der Waals surface area contributed by atoms with E-state index in [4.69, 9.17) is 14.2 Å². The first-order valence-electron chi connectivity index (χ1n) is 10.1. The van der Waals surface area contributed by atoms with Crippen molar-refractivity contribution in [1.29, 1.82) is 0 Å². The Kier molecular flexibility index (Phi) is 5.66. The zero-order chi connectivity index (χ0) is 21.8. The number of rotatable bonds is 4. The third-order valence-electron chi connectivity index (χ3n) is 4.72. The first-order valence-corrected chi connectivity index (χ1v) is 10.1. The number of ether oxygens (including phenoxy) is 3. The predicted octanol–water partition coefficient (Wildman–Crippen LogP) is 5.59. The number of nitrogens with one attached hydrogen (secondary N) is 2. The SMILES string of the molecule is CC(C)(C)c1ccccc1Oc1ncccc1NC(=O)Nc1ccc2c(c1)OCCO2. The number of aromatic nitrogens is 1. The number of urea groups is 1. The summed E-state index contributed by atoms with van der Waals surface area (Å²) in [6.45, 7) is 7.35. The Bertz CT molecular complexity index is 1090. The molecule has 1 aliphatic rings. The summed E-state index contributed by atoms with van der Waals surface area (Å²) in [7, 11) is 0. The molecule has 1 aliphatic heterocycles. The Hall–Kier alpha value is -3.74. The summed E-state index contributed by atoms with van der Waals surface area (Å²) in [6.07, 6.45) is 1.62. The van der Waals surface area contributed by atoms with Gasteiger partial charge in [-0.05, 0) is 35.7 Å². The van der Waals surface area contributed by atoms with E-state index < -0.39 is 6.03 Å². The molecule has 7 heteroatoms. The third-order valence-corrected chi connectivity index (χ3v) is 4.72. The van der Waals surface area contributed by atoms with Gasteiger partial charge in [0.1, 0.15) is 24.7 Å². The van der Waals surface area contributed by atoms with E-state index in [0.29, 0.717) is 47.7 Å². The van der Waals surface area contributed by atoms with Crippen molar-refractivity contribution < 1.29 is 19.0 Å². The van der Waals surface area contributed by atoms with E-state index >= 15 is 0 Å². The average molecular weight is 419 g/mol. The molecule has 3 aromatic rings. The maximum absolute atomic E-state index is 12.6. The Labute approximate surface area is 181 Å². The van der Waals surface area contributed by atoms with Crippen LogP contribution in [0.15, 0.2) is 60.8 Å². The lowest BCUT2D eigenvalue weighted by Crippen LogP contribution is -2.21. The second-order valence-electron chi connectivity index (χ2n) is 8.14. The molecule has 31 heavy (non-hydrogen) atoms. The Morgan fingerprint density at radius 3 is 2.55 bits per heavy atom. The molecule has 0 fully saturated rings. The molecular weight excluding hydrogens is 394 g/mol. The van der Waals surface area contributed by atoms with Gasteiger partial charge in [-0.2, -0.15) is 0 Å². The number of fused-ring (bicyclic) bond motifs is 1. The quantitative estimate of drug-likeness (QED) is 0.576. The van der Waals surface area contributed by atoms with E-state index in [-0.39, 0.29) is 5.41 Å².